The van der Waals surface area contributed by atoms with E-state index in [0.29, 0.717) is 13.0 Å². The number of esters is 1. The van der Waals surface area contributed by atoms with Gasteiger partial charge in [0.05, 0.1) is 0 Å². The van der Waals surface area contributed by atoms with Gasteiger partial charge in [0.2, 0.25) is 0 Å². The second-order valence-electron chi connectivity index (χ2n) is 6.79. The Hall–Kier alpha value is -1.88. The van der Waals surface area contributed by atoms with Gasteiger partial charge in [-0.2, -0.15) is 0 Å². The molecular weight excluding hydrogens is 290 g/mol. The van der Waals surface area contributed by atoms with Gasteiger partial charge in [-0.05, 0) is 32.8 Å². The van der Waals surface area contributed by atoms with Crippen LogP contribution in [0.5, 0.6) is 0 Å². The van der Waals surface area contributed by atoms with E-state index in [9.17, 15) is 4.79 Å². The van der Waals surface area contributed by atoms with E-state index >= 15 is 0 Å². The SMILES string of the molecule is CC(C)/N=C1/CC(C)(N)CCN1CC(=O)OCc1ccccc1. The predicted molar refractivity (Wildman–Crippen MR) is 92.2 cm³/mol. The van der Waals surface area contributed by atoms with Crippen LogP contribution in [0.4, 0.5) is 0 Å². The van der Waals surface area contributed by atoms with Crippen LogP contribution in [0.3, 0.4) is 0 Å². The summed E-state index contributed by atoms with van der Waals surface area (Å²) in [6, 6.07) is 9.88. The molecule has 1 saturated heterocycles. The van der Waals surface area contributed by atoms with E-state index < -0.39 is 0 Å². The zero-order chi connectivity index (χ0) is 16.9. The van der Waals surface area contributed by atoms with Crippen molar-refractivity contribution in [2.45, 2.75) is 51.8 Å². The molecule has 0 aromatic heterocycles. The summed E-state index contributed by atoms with van der Waals surface area (Å²) in [6.07, 6.45) is 1.53. The highest BCUT2D eigenvalue weighted by Crippen LogP contribution is 2.21. The van der Waals surface area contributed by atoms with Gasteiger partial charge in [0.25, 0.3) is 0 Å². The van der Waals surface area contributed by atoms with Crippen molar-refractivity contribution in [3.63, 3.8) is 0 Å². The van der Waals surface area contributed by atoms with E-state index in [1.54, 1.807) is 0 Å². The maximum atomic E-state index is 12.1. The number of carbonyl (C=O) groups excluding carboxylic acids is 1. The zero-order valence-electron chi connectivity index (χ0n) is 14.3. The zero-order valence-corrected chi connectivity index (χ0v) is 14.3. The number of aliphatic imine (C=N–C) groups is 1. The Labute approximate surface area is 138 Å². The van der Waals surface area contributed by atoms with E-state index in [-0.39, 0.29) is 24.1 Å². The summed E-state index contributed by atoms with van der Waals surface area (Å²) in [7, 11) is 0. The molecule has 0 amide bonds. The summed E-state index contributed by atoms with van der Waals surface area (Å²) in [6.45, 7) is 7.36. The van der Waals surface area contributed by atoms with Crippen LogP contribution >= 0.6 is 0 Å². The highest BCUT2D eigenvalue weighted by Gasteiger charge is 2.31. The molecule has 1 fully saturated rings. The fraction of sp³-hybridized carbons (Fsp3) is 0.556. The summed E-state index contributed by atoms with van der Waals surface area (Å²) >= 11 is 0. The van der Waals surface area contributed by atoms with Gasteiger partial charge < -0.3 is 15.4 Å². The number of nitrogens with zero attached hydrogens (tertiary/aromatic N) is 2. The van der Waals surface area contributed by atoms with Crippen molar-refractivity contribution in [1.82, 2.24) is 4.90 Å². The molecule has 5 heteroatoms. The monoisotopic (exact) mass is 317 g/mol. The predicted octanol–water partition coefficient (Wildman–Crippen LogP) is 2.35. The minimum Gasteiger partial charge on any atom is -0.459 e. The summed E-state index contributed by atoms with van der Waals surface area (Å²) in [4.78, 5) is 18.8. The van der Waals surface area contributed by atoms with Crippen molar-refractivity contribution >= 4 is 11.8 Å². The largest absolute Gasteiger partial charge is 0.459 e. The Morgan fingerprint density at radius 1 is 1.39 bits per heavy atom. The Kier molecular flexibility index (Phi) is 5.77. The highest BCUT2D eigenvalue weighted by molar-refractivity contribution is 5.87. The Morgan fingerprint density at radius 3 is 2.74 bits per heavy atom. The van der Waals surface area contributed by atoms with Gasteiger partial charge in [-0.25, -0.2) is 0 Å². The number of carbonyl (C=O) groups is 1. The quantitative estimate of drug-likeness (QED) is 0.847. The number of amidine groups is 1. The summed E-state index contributed by atoms with van der Waals surface area (Å²) < 4.78 is 5.37. The standard InChI is InChI=1S/C18H27N3O2/c1-14(2)20-16-11-18(3,19)9-10-21(16)12-17(22)23-13-15-7-5-4-6-8-15/h4-8,14H,9-13,19H2,1-3H3/b20-16-. The maximum Gasteiger partial charge on any atom is 0.325 e. The second kappa shape index (κ2) is 7.59. The molecule has 0 radical (unpaired) electrons. The van der Waals surface area contributed by atoms with Crippen LogP contribution < -0.4 is 5.73 Å². The van der Waals surface area contributed by atoms with Gasteiger partial charge in [-0.15, -0.1) is 0 Å². The Balaban J connectivity index is 1.93. The lowest BCUT2D eigenvalue weighted by atomic mass is 9.90. The molecule has 23 heavy (non-hydrogen) atoms. The highest BCUT2D eigenvalue weighted by atomic mass is 16.5. The van der Waals surface area contributed by atoms with E-state index in [1.165, 1.54) is 0 Å². The molecule has 1 aromatic carbocycles. The van der Waals surface area contributed by atoms with E-state index in [4.69, 9.17) is 10.5 Å². The van der Waals surface area contributed by atoms with Gasteiger partial charge in [0.1, 0.15) is 19.0 Å². The van der Waals surface area contributed by atoms with Crippen LogP contribution in [0.1, 0.15) is 39.2 Å². The normalized spacial score (nSPS) is 23.3. The molecule has 1 aliphatic rings. The number of likely N-dealkylation sites (tertiary alicyclic amines) is 1. The molecule has 0 aliphatic carbocycles. The number of nitrogens with two attached hydrogens (primary N) is 1. The topological polar surface area (TPSA) is 67.9 Å². The molecular formula is C18H27N3O2. The third-order valence-electron chi connectivity index (χ3n) is 3.85. The lowest BCUT2D eigenvalue weighted by Crippen LogP contribution is -2.52. The molecule has 1 atom stereocenters. The smallest absolute Gasteiger partial charge is 0.325 e. The third-order valence-corrected chi connectivity index (χ3v) is 3.85. The van der Waals surface area contributed by atoms with Crippen LogP contribution in [0, 0.1) is 0 Å². The molecule has 1 unspecified atom stereocenters. The molecule has 1 aromatic rings. The van der Waals surface area contributed by atoms with Gasteiger partial charge >= 0.3 is 5.97 Å². The Bertz CT molecular complexity index is 553. The molecule has 2 N–H and O–H groups in total. The molecule has 2 rings (SSSR count). The maximum absolute atomic E-state index is 12.1. The first-order valence-corrected chi connectivity index (χ1v) is 8.16. The number of hydrogen-bond donors (Lipinski definition) is 1. The Morgan fingerprint density at radius 2 is 2.09 bits per heavy atom. The lowest BCUT2D eigenvalue weighted by Gasteiger charge is -2.38. The van der Waals surface area contributed by atoms with E-state index in [1.807, 2.05) is 56.0 Å². The molecule has 1 heterocycles. The first kappa shape index (κ1) is 17.5. The van der Waals surface area contributed by atoms with Crippen molar-refractivity contribution in [3.8, 4) is 0 Å². The van der Waals surface area contributed by atoms with E-state index in [0.717, 1.165) is 24.4 Å². The molecule has 0 saturated carbocycles. The van der Waals surface area contributed by atoms with Crippen LogP contribution in [-0.2, 0) is 16.1 Å². The molecule has 0 bridgehead atoms. The number of piperidine rings is 1. The van der Waals surface area contributed by atoms with Crippen molar-refractivity contribution in [3.05, 3.63) is 35.9 Å². The van der Waals surface area contributed by atoms with Crippen molar-refractivity contribution in [1.29, 1.82) is 0 Å². The lowest BCUT2D eigenvalue weighted by molar-refractivity contribution is -0.145. The fourth-order valence-electron chi connectivity index (χ4n) is 2.62. The first-order chi connectivity index (χ1) is 10.9. The second-order valence-corrected chi connectivity index (χ2v) is 6.79. The third kappa shape index (κ3) is 5.67. The van der Waals surface area contributed by atoms with Crippen LogP contribution in [0.2, 0.25) is 0 Å². The van der Waals surface area contributed by atoms with Crippen LogP contribution in [0.15, 0.2) is 35.3 Å². The average molecular weight is 317 g/mol. The van der Waals surface area contributed by atoms with E-state index in [2.05, 4.69) is 4.99 Å². The first-order valence-electron chi connectivity index (χ1n) is 8.16. The molecule has 0 spiro atoms. The fourth-order valence-corrected chi connectivity index (χ4v) is 2.62. The van der Waals surface area contributed by atoms with Crippen LogP contribution in [-0.4, -0.2) is 41.4 Å². The van der Waals surface area contributed by atoms with Gasteiger partial charge in [0.15, 0.2) is 0 Å². The summed E-state index contributed by atoms with van der Waals surface area (Å²) in [5, 5.41) is 0. The van der Waals surface area contributed by atoms with Gasteiger partial charge in [-0.3, -0.25) is 9.79 Å². The molecule has 126 valence electrons. The van der Waals surface area contributed by atoms with Crippen molar-refractivity contribution < 1.29 is 9.53 Å². The van der Waals surface area contributed by atoms with Gasteiger partial charge in [-0.1, -0.05) is 30.3 Å². The number of hydrogen-bond acceptors (Lipinski definition) is 4. The summed E-state index contributed by atoms with van der Waals surface area (Å²) in [5.74, 6) is 0.679. The number of benzene rings is 1. The molecule has 5 nitrogen and oxygen atoms in total. The number of ether oxygens (including phenoxy) is 1. The summed E-state index contributed by atoms with van der Waals surface area (Å²) in [5.41, 5.74) is 6.99. The minimum absolute atomic E-state index is 0.182. The minimum atomic E-state index is -0.252. The van der Waals surface area contributed by atoms with Crippen molar-refractivity contribution in [2.24, 2.45) is 10.7 Å². The number of rotatable bonds is 5. The average Bonchev–Trinajstić information content (AvgIpc) is 2.48. The van der Waals surface area contributed by atoms with Gasteiger partial charge in [0, 0.05) is 24.5 Å². The van der Waals surface area contributed by atoms with Crippen LogP contribution in [0.25, 0.3) is 0 Å². The van der Waals surface area contributed by atoms with Crippen molar-refractivity contribution in [2.75, 3.05) is 13.1 Å². The molecule has 1 aliphatic heterocycles.